The average molecular weight is 276 g/mol. The van der Waals surface area contributed by atoms with Crippen LogP contribution in [0.15, 0.2) is 18.3 Å². The van der Waals surface area contributed by atoms with E-state index in [1.165, 1.54) is 6.20 Å². The van der Waals surface area contributed by atoms with E-state index in [1.807, 2.05) is 0 Å². The van der Waals surface area contributed by atoms with Gasteiger partial charge in [-0.25, -0.2) is 9.78 Å². The Morgan fingerprint density at radius 2 is 2.10 bits per heavy atom. The number of nitrogens with zero attached hydrogens (tertiary/aromatic N) is 1. The van der Waals surface area contributed by atoms with Crippen LogP contribution in [0.25, 0.3) is 0 Å². The topological polar surface area (TPSA) is 117 Å². The second-order valence-electron chi connectivity index (χ2n) is 3.72. The minimum Gasteiger partial charge on any atom is -0.395 e. The molecule has 0 atom stereocenters. The maximum atomic E-state index is 11.9. The number of aliphatic hydroxyl groups is 1. The van der Waals surface area contributed by atoms with Gasteiger partial charge in [0.1, 0.15) is 5.69 Å². The van der Waals surface area contributed by atoms with Gasteiger partial charge in [-0.2, -0.15) is 0 Å². The molecule has 1 aromatic rings. The molecule has 1 aromatic heterocycles. The Balaban J connectivity index is 2.64. The van der Waals surface area contributed by atoms with Crippen molar-refractivity contribution < 1.29 is 14.7 Å². The SMILES string of the molecule is NC(=O)NCCNC(=O)c1ncccc1C#CCCO. The van der Waals surface area contributed by atoms with E-state index in [9.17, 15) is 9.59 Å². The number of hydrogen-bond donors (Lipinski definition) is 4. The number of aromatic nitrogens is 1. The summed E-state index contributed by atoms with van der Waals surface area (Å²) in [6.07, 6.45) is 1.83. The molecule has 0 aromatic carbocycles. The highest BCUT2D eigenvalue weighted by Gasteiger charge is 2.10. The molecule has 7 heteroatoms. The Hall–Kier alpha value is -2.59. The fraction of sp³-hybridized carbons (Fsp3) is 0.308. The van der Waals surface area contributed by atoms with Gasteiger partial charge in [0.2, 0.25) is 0 Å². The first-order chi connectivity index (χ1) is 9.65. The lowest BCUT2D eigenvalue weighted by molar-refractivity contribution is 0.0948. The Kier molecular flexibility index (Phi) is 6.57. The molecule has 7 nitrogen and oxygen atoms in total. The summed E-state index contributed by atoms with van der Waals surface area (Å²) in [7, 11) is 0. The molecule has 20 heavy (non-hydrogen) atoms. The van der Waals surface area contributed by atoms with Gasteiger partial charge in [0.25, 0.3) is 5.91 Å². The van der Waals surface area contributed by atoms with Crippen molar-refractivity contribution in [2.45, 2.75) is 6.42 Å². The van der Waals surface area contributed by atoms with Crippen LogP contribution in [0.4, 0.5) is 4.79 Å². The molecule has 0 aliphatic heterocycles. The van der Waals surface area contributed by atoms with Gasteiger partial charge >= 0.3 is 6.03 Å². The third-order valence-electron chi connectivity index (χ3n) is 2.19. The number of nitrogens with two attached hydrogens (primary N) is 1. The Morgan fingerprint density at radius 1 is 1.35 bits per heavy atom. The van der Waals surface area contributed by atoms with Gasteiger partial charge in [-0.1, -0.05) is 11.8 Å². The first-order valence-corrected chi connectivity index (χ1v) is 6.01. The smallest absolute Gasteiger partial charge is 0.312 e. The summed E-state index contributed by atoms with van der Waals surface area (Å²) in [6, 6.07) is 2.70. The lowest BCUT2D eigenvalue weighted by Gasteiger charge is -2.06. The molecule has 0 radical (unpaired) electrons. The molecule has 0 bridgehead atoms. The van der Waals surface area contributed by atoms with E-state index in [4.69, 9.17) is 10.8 Å². The lowest BCUT2D eigenvalue weighted by atomic mass is 10.2. The summed E-state index contributed by atoms with van der Waals surface area (Å²) in [5.74, 6) is 5.13. The summed E-state index contributed by atoms with van der Waals surface area (Å²) >= 11 is 0. The largest absolute Gasteiger partial charge is 0.395 e. The number of carbonyl (C=O) groups is 2. The van der Waals surface area contributed by atoms with Gasteiger partial charge < -0.3 is 21.5 Å². The Bertz CT molecular complexity index is 534. The molecule has 1 heterocycles. The number of nitrogens with one attached hydrogen (secondary N) is 2. The molecule has 0 aliphatic rings. The maximum absolute atomic E-state index is 11.9. The first kappa shape index (κ1) is 15.5. The summed E-state index contributed by atoms with van der Waals surface area (Å²) < 4.78 is 0. The van der Waals surface area contributed by atoms with Crippen molar-refractivity contribution in [3.63, 3.8) is 0 Å². The number of aliphatic hydroxyl groups excluding tert-OH is 1. The number of urea groups is 1. The normalized spacial score (nSPS) is 9.25. The van der Waals surface area contributed by atoms with Gasteiger partial charge in [0, 0.05) is 25.7 Å². The van der Waals surface area contributed by atoms with E-state index in [0.29, 0.717) is 12.0 Å². The van der Waals surface area contributed by atoms with E-state index in [-0.39, 0.29) is 31.3 Å². The van der Waals surface area contributed by atoms with Crippen LogP contribution in [0.1, 0.15) is 22.5 Å². The van der Waals surface area contributed by atoms with Crippen LogP contribution in [-0.2, 0) is 0 Å². The van der Waals surface area contributed by atoms with Crippen LogP contribution in [-0.4, -0.2) is 41.7 Å². The van der Waals surface area contributed by atoms with Crippen LogP contribution in [0.3, 0.4) is 0 Å². The number of amides is 3. The second kappa shape index (κ2) is 8.50. The van der Waals surface area contributed by atoms with Crippen LogP contribution >= 0.6 is 0 Å². The zero-order valence-electron chi connectivity index (χ0n) is 10.8. The van der Waals surface area contributed by atoms with Crippen molar-refractivity contribution in [2.24, 2.45) is 5.73 Å². The van der Waals surface area contributed by atoms with Crippen LogP contribution in [0.2, 0.25) is 0 Å². The van der Waals surface area contributed by atoms with E-state index in [2.05, 4.69) is 27.5 Å². The van der Waals surface area contributed by atoms with Crippen molar-refractivity contribution in [3.8, 4) is 11.8 Å². The van der Waals surface area contributed by atoms with Gasteiger partial charge in [-0.05, 0) is 12.1 Å². The molecular weight excluding hydrogens is 260 g/mol. The third-order valence-corrected chi connectivity index (χ3v) is 2.19. The van der Waals surface area contributed by atoms with Gasteiger partial charge in [-0.3, -0.25) is 4.79 Å². The highest BCUT2D eigenvalue weighted by molar-refractivity contribution is 5.94. The molecule has 0 fully saturated rings. The van der Waals surface area contributed by atoms with Crippen molar-refractivity contribution in [1.82, 2.24) is 15.6 Å². The van der Waals surface area contributed by atoms with E-state index >= 15 is 0 Å². The van der Waals surface area contributed by atoms with Gasteiger partial charge in [0.15, 0.2) is 0 Å². The van der Waals surface area contributed by atoms with Crippen molar-refractivity contribution in [1.29, 1.82) is 0 Å². The minimum atomic E-state index is -0.646. The van der Waals surface area contributed by atoms with Crippen molar-refractivity contribution in [3.05, 3.63) is 29.6 Å². The summed E-state index contributed by atoms with van der Waals surface area (Å²) in [4.78, 5) is 26.4. The Morgan fingerprint density at radius 3 is 2.80 bits per heavy atom. The Labute approximate surface area is 116 Å². The van der Waals surface area contributed by atoms with Crippen LogP contribution < -0.4 is 16.4 Å². The molecule has 5 N–H and O–H groups in total. The highest BCUT2D eigenvalue weighted by Crippen LogP contribution is 2.03. The monoisotopic (exact) mass is 276 g/mol. The number of carbonyl (C=O) groups excluding carboxylic acids is 2. The van der Waals surface area contributed by atoms with Crippen LogP contribution in [0.5, 0.6) is 0 Å². The first-order valence-electron chi connectivity index (χ1n) is 6.01. The zero-order valence-corrected chi connectivity index (χ0v) is 10.8. The zero-order chi connectivity index (χ0) is 14.8. The molecule has 0 saturated carbocycles. The van der Waals surface area contributed by atoms with Crippen LogP contribution in [0, 0.1) is 11.8 Å². The molecule has 106 valence electrons. The van der Waals surface area contributed by atoms with E-state index in [0.717, 1.165) is 0 Å². The molecule has 0 aliphatic carbocycles. The maximum Gasteiger partial charge on any atom is 0.312 e. The molecule has 0 spiro atoms. The lowest BCUT2D eigenvalue weighted by Crippen LogP contribution is -2.37. The number of pyridine rings is 1. The van der Waals surface area contributed by atoms with Gasteiger partial charge in [0.05, 0.1) is 12.2 Å². The van der Waals surface area contributed by atoms with E-state index < -0.39 is 6.03 Å². The number of primary amides is 1. The summed E-state index contributed by atoms with van der Waals surface area (Å²) in [5.41, 5.74) is 5.59. The molecule has 3 amide bonds. The predicted molar refractivity (Wildman–Crippen MR) is 72.7 cm³/mol. The average Bonchev–Trinajstić information content (AvgIpc) is 2.44. The quantitative estimate of drug-likeness (QED) is 0.416. The van der Waals surface area contributed by atoms with E-state index in [1.54, 1.807) is 12.1 Å². The predicted octanol–water partition coefficient (Wildman–Crippen LogP) is -0.786. The fourth-order valence-corrected chi connectivity index (χ4v) is 1.35. The standard InChI is InChI=1S/C13H16N4O3/c14-13(20)17-8-7-16-12(19)11-10(4-1-2-9-18)5-3-6-15-11/h3,5-6,18H,2,7-9H2,(H,16,19)(H3,14,17,20). The fourth-order valence-electron chi connectivity index (χ4n) is 1.35. The summed E-state index contributed by atoms with van der Waals surface area (Å²) in [5, 5.41) is 13.6. The molecule has 1 rings (SSSR count). The van der Waals surface area contributed by atoms with Gasteiger partial charge in [-0.15, -0.1) is 0 Å². The number of rotatable bonds is 5. The highest BCUT2D eigenvalue weighted by atomic mass is 16.2. The third kappa shape index (κ3) is 5.37. The molecule has 0 unspecified atom stereocenters. The summed E-state index contributed by atoms with van der Waals surface area (Å²) in [6.45, 7) is 0.439. The molecule has 0 saturated heterocycles. The second-order valence-corrected chi connectivity index (χ2v) is 3.72. The number of hydrogen-bond acceptors (Lipinski definition) is 4. The minimum absolute atomic E-state index is 0.0341. The van der Waals surface area contributed by atoms with Crippen molar-refractivity contribution in [2.75, 3.05) is 19.7 Å². The van der Waals surface area contributed by atoms with Crippen molar-refractivity contribution >= 4 is 11.9 Å². The molecular formula is C13H16N4O3.